The number of aromatic nitrogens is 1. The van der Waals surface area contributed by atoms with Crippen LogP contribution < -0.4 is 4.90 Å². The van der Waals surface area contributed by atoms with Crippen molar-refractivity contribution in [1.82, 2.24) is 4.98 Å². The molecule has 1 aliphatic rings. The van der Waals surface area contributed by atoms with E-state index in [2.05, 4.69) is 9.88 Å². The van der Waals surface area contributed by atoms with E-state index in [4.69, 9.17) is 15.1 Å². The molecule has 1 aromatic rings. The predicted molar refractivity (Wildman–Crippen MR) is 67.8 cm³/mol. The molecule has 2 rings (SSSR count). The average Bonchev–Trinajstić information content (AvgIpc) is 2.45. The third-order valence-electron chi connectivity index (χ3n) is 3.11. The summed E-state index contributed by atoms with van der Waals surface area (Å²) in [5.41, 5.74) is 1.38. The van der Waals surface area contributed by atoms with Crippen LogP contribution in [0, 0.1) is 11.3 Å². The van der Waals surface area contributed by atoms with Gasteiger partial charge < -0.3 is 14.7 Å². The molecule has 0 aromatic carbocycles. The second-order valence-corrected chi connectivity index (χ2v) is 4.40. The van der Waals surface area contributed by atoms with E-state index in [9.17, 15) is 4.79 Å². The number of carbonyl (C=O) groups is 1. The van der Waals surface area contributed by atoms with Crippen LogP contribution in [0.1, 0.15) is 18.5 Å². The van der Waals surface area contributed by atoms with Crippen LogP contribution in [0.4, 0.5) is 5.69 Å². The zero-order valence-electron chi connectivity index (χ0n) is 10.5. The fraction of sp³-hybridized carbons (Fsp3) is 0.462. The number of nitrogens with zero attached hydrogens (tertiary/aromatic N) is 3. The van der Waals surface area contributed by atoms with Crippen molar-refractivity contribution in [2.75, 3.05) is 24.6 Å². The maximum absolute atomic E-state index is 10.4. The fourth-order valence-corrected chi connectivity index (χ4v) is 2.15. The summed E-state index contributed by atoms with van der Waals surface area (Å²) < 4.78 is 5.28. The highest BCUT2D eigenvalue weighted by molar-refractivity contribution is 5.68. The summed E-state index contributed by atoms with van der Waals surface area (Å²) in [6.45, 7) is 1.34. The minimum atomic E-state index is -0.935. The van der Waals surface area contributed by atoms with Gasteiger partial charge in [0.05, 0.1) is 6.10 Å². The van der Waals surface area contributed by atoms with Gasteiger partial charge in [0.25, 0.3) is 0 Å². The van der Waals surface area contributed by atoms with Crippen molar-refractivity contribution in [3.05, 3.63) is 24.0 Å². The molecule has 0 atom stereocenters. The molecule has 0 aliphatic carbocycles. The van der Waals surface area contributed by atoms with E-state index in [1.165, 1.54) is 0 Å². The Morgan fingerprint density at radius 1 is 1.58 bits per heavy atom. The van der Waals surface area contributed by atoms with E-state index < -0.39 is 5.97 Å². The summed E-state index contributed by atoms with van der Waals surface area (Å²) in [6, 6.07) is 5.66. The van der Waals surface area contributed by atoms with Crippen molar-refractivity contribution in [3.63, 3.8) is 0 Å². The maximum atomic E-state index is 10.4. The third-order valence-corrected chi connectivity index (χ3v) is 3.11. The van der Waals surface area contributed by atoms with Crippen LogP contribution in [0.15, 0.2) is 18.3 Å². The Morgan fingerprint density at radius 3 is 2.95 bits per heavy atom. The van der Waals surface area contributed by atoms with Gasteiger partial charge in [-0.3, -0.25) is 0 Å². The number of carboxylic acid groups (broad SMARTS) is 1. The molecule has 1 aliphatic heterocycles. The summed E-state index contributed by atoms with van der Waals surface area (Å²) in [4.78, 5) is 16.5. The zero-order chi connectivity index (χ0) is 13.7. The number of carboxylic acids is 1. The lowest BCUT2D eigenvalue weighted by Crippen LogP contribution is -2.37. The molecule has 0 amide bonds. The highest BCUT2D eigenvalue weighted by Gasteiger charge is 2.20. The molecule has 0 radical (unpaired) electrons. The van der Waals surface area contributed by atoms with E-state index in [1.54, 1.807) is 12.3 Å². The van der Waals surface area contributed by atoms with Gasteiger partial charge in [-0.2, -0.15) is 5.26 Å². The van der Waals surface area contributed by atoms with Gasteiger partial charge in [-0.05, 0) is 25.0 Å². The standard InChI is InChI=1S/C13H15N3O3/c14-8-10-7-11(1-4-15-10)16-5-2-12(3-6-16)19-9-13(17)18/h1,4,7,12H,2-3,5-6,9H2,(H,17,18). The Kier molecular flexibility index (Phi) is 4.31. The molecule has 0 bridgehead atoms. The molecular formula is C13H15N3O3. The number of piperidine rings is 1. The van der Waals surface area contributed by atoms with Crippen molar-refractivity contribution in [2.24, 2.45) is 0 Å². The van der Waals surface area contributed by atoms with Crippen molar-refractivity contribution in [1.29, 1.82) is 5.26 Å². The molecular weight excluding hydrogens is 246 g/mol. The van der Waals surface area contributed by atoms with E-state index >= 15 is 0 Å². The number of rotatable bonds is 4. The van der Waals surface area contributed by atoms with Crippen LogP contribution in [0.3, 0.4) is 0 Å². The summed E-state index contributed by atoms with van der Waals surface area (Å²) in [5.74, 6) is -0.935. The number of nitriles is 1. The Balaban J connectivity index is 1.89. The molecule has 1 fully saturated rings. The molecule has 0 saturated carbocycles. The summed E-state index contributed by atoms with van der Waals surface area (Å²) in [6.07, 6.45) is 3.21. The number of hydrogen-bond acceptors (Lipinski definition) is 5. The van der Waals surface area contributed by atoms with E-state index in [1.807, 2.05) is 12.1 Å². The first kappa shape index (κ1) is 13.3. The number of anilines is 1. The van der Waals surface area contributed by atoms with E-state index in [-0.39, 0.29) is 12.7 Å². The molecule has 1 N–H and O–H groups in total. The predicted octanol–water partition coefficient (Wildman–Crippen LogP) is 1.02. The normalized spacial score (nSPS) is 16.1. The molecule has 0 spiro atoms. The third kappa shape index (κ3) is 3.66. The molecule has 1 aromatic heterocycles. The van der Waals surface area contributed by atoms with Gasteiger partial charge in [-0.15, -0.1) is 0 Å². The van der Waals surface area contributed by atoms with Crippen LogP contribution >= 0.6 is 0 Å². The number of hydrogen-bond donors (Lipinski definition) is 1. The number of aliphatic carboxylic acids is 1. The largest absolute Gasteiger partial charge is 0.480 e. The lowest BCUT2D eigenvalue weighted by Gasteiger charge is -2.33. The first-order chi connectivity index (χ1) is 9.19. The van der Waals surface area contributed by atoms with Crippen molar-refractivity contribution in [3.8, 4) is 6.07 Å². The van der Waals surface area contributed by atoms with Gasteiger partial charge in [0.1, 0.15) is 18.4 Å². The van der Waals surface area contributed by atoms with Crippen LogP contribution in [0.2, 0.25) is 0 Å². The SMILES string of the molecule is N#Cc1cc(N2CCC(OCC(=O)O)CC2)ccn1. The quantitative estimate of drug-likeness (QED) is 0.870. The van der Waals surface area contributed by atoms with Gasteiger partial charge in [0.2, 0.25) is 0 Å². The minimum Gasteiger partial charge on any atom is -0.480 e. The molecule has 1 saturated heterocycles. The van der Waals surface area contributed by atoms with Gasteiger partial charge in [-0.1, -0.05) is 0 Å². The molecule has 6 heteroatoms. The molecule has 2 heterocycles. The summed E-state index contributed by atoms with van der Waals surface area (Å²) >= 11 is 0. The van der Waals surface area contributed by atoms with Gasteiger partial charge in [0.15, 0.2) is 0 Å². The Bertz CT molecular complexity index is 490. The van der Waals surface area contributed by atoms with Crippen molar-refractivity contribution < 1.29 is 14.6 Å². The highest BCUT2D eigenvalue weighted by atomic mass is 16.5. The maximum Gasteiger partial charge on any atom is 0.329 e. The van der Waals surface area contributed by atoms with Crippen LogP contribution in [0.25, 0.3) is 0 Å². The average molecular weight is 261 g/mol. The lowest BCUT2D eigenvalue weighted by molar-refractivity contribution is -0.144. The van der Waals surface area contributed by atoms with Gasteiger partial charge in [-0.25, -0.2) is 9.78 Å². The highest BCUT2D eigenvalue weighted by Crippen LogP contribution is 2.21. The second-order valence-electron chi connectivity index (χ2n) is 4.40. The topological polar surface area (TPSA) is 86.5 Å². The lowest BCUT2D eigenvalue weighted by atomic mass is 10.1. The number of pyridine rings is 1. The Morgan fingerprint density at radius 2 is 2.32 bits per heavy atom. The van der Waals surface area contributed by atoms with Crippen molar-refractivity contribution in [2.45, 2.75) is 18.9 Å². The van der Waals surface area contributed by atoms with Gasteiger partial charge >= 0.3 is 5.97 Å². The van der Waals surface area contributed by atoms with Crippen molar-refractivity contribution >= 4 is 11.7 Å². The minimum absolute atomic E-state index is 0.00428. The molecule has 0 unspecified atom stereocenters. The van der Waals surface area contributed by atoms with Crippen LogP contribution in [0.5, 0.6) is 0 Å². The van der Waals surface area contributed by atoms with Crippen LogP contribution in [-0.2, 0) is 9.53 Å². The van der Waals surface area contributed by atoms with E-state index in [0.717, 1.165) is 31.6 Å². The monoisotopic (exact) mass is 261 g/mol. The van der Waals surface area contributed by atoms with E-state index in [0.29, 0.717) is 5.69 Å². The van der Waals surface area contributed by atoms with Gasteiger partial charge in [0, 0.05) is 25.0 Å². The molecule has 100 valence electrons. The second kappa shape index (κ2) is 6.16. The Hall–Kier alpha value is -2.13. The fourth-order valence-electron chi connectivity index (χ4n) is 2.15. The Labute approximate surface area is 111 Å². The smallest absolute Gasteiger partial charge is 0.329 e. The first-order valence-corrected chi connectivity index (χ1v) is 6.13. The summed E-state index contributed by atoms with van der Waals surface area (Å²) in [7, 11) is 0. The van der Waals surface area contributed by atoms with Crippen LogP contribution in [-0.4, -0.2) is 41.9 Å². The zero-order valence-corrected chi connectivity index (χ0v) is 10.5. The summed E-state index contributed by atoms with van der Waals surface area (Å²) in [5, 5.41) is 17.4. The molecule has 6 nitrogen and oxygen atoms in total. The number of ether oxygens (including phenoxy) is 1. The first-order valence-electron chi connectivity index (χ1n) is 6.13. The molecule has 19 heavy (non-hydrogen) atoms.